The van der Waals surface area contributed by atoms with Crippen molar-refractivity contribution in [1.82, 2.24) is 4.57 Å². The average Bonchev–Trinajstić information content (AvgIpc) is 2.50. The van der Waals surface area contributed by atoms with Crippen molar-refractivity contribution in [3.63, 3.8) is 0 Å². The van der Waals surface area contributed by atoms with Crippen molar-refractivity contribution < 1.29 is 4.74 Å². The van der Waals surface area contributed by atoms with Crippen LogP contribution in [0.4, 0.5) is 0 Å². The minimum Gasteiger partial charge on any atom is -0.491 e. The van der Waals surface area contributed by atoms with Crippen LogP contribution in [0.1, 0.15) is 51.8 Å². The maximum Gasteiger partial charge on any atom is 0.258 e. The highest BCUT2D eigenvalue weighted by atomic mass is 35.5. The lowest BCUT2D eigenvalue weighted by Gasteiger charge is -2.25. The molecule has 0 aliphatic carbocycles. The van der Waals surface area contributed by atoms with Crippen LogP contribution in [0, 0.1) is 12.3 Å². The van der Waals surface area contributed by atoms with Crippen LogP contribution in [0.25, 0.3) is 10.8 Å². The molecule has 0 atom stereocenters. The molecule has 0 amide bonds. The minimum atomic E-state index is -0.0250. The van der Waals surface area contributed by atoms with Crippen LogP contribution in [-0.2, 0) is 12.4 Å². The second-order valence-electron chi connectivity index (χ2n) is 7.61. The molecule has 0 saturated heterocycles. The van der Waals surface area contributed by atoms with Crippen molar-refractivity contribution in [3.05, 3.63) is 39.8 Å². The van der Waals surface area contributed by atoms with Crippen LogP contribution in [0.3, 0.4) is 0 Å². The number of benzene rings is 1. The molecule has 0 N–H and O–H groups in total. The molecule has 0 aliphatic rings. The Bertz CT molecular complexity index is 772. The second kappa shape index (κ2) is 7.60. The summed E-state index contributed by atoms with van der Waals surface area (Å²) in [6.07, 6.45) is 2.04. The highest BCUT2D eigenvalue weighted by Gasteiger charge is 2.21. The first-order valence-electron chi connectivity index (χ1n) is 8.63. The third-order valence-electron chi connectivity index (χ3n) is 3.99. The molecule has 4 heteroatoms. The number of alkyl halides is 1. The van der Waals surface area contributed by atoms with Gasteiger partial charge in [0.2, 0.25) is 0 Å². The Hall–Kier alpha value is -1.48. The monoisotopic (exact) mass is 349 g/mol. The van der Waals surface area contributed by atoms with E-state index >= 15 is 0 Å². The van der Waals surface area contributed by atoms with Gasteiger partial charge in [0.25, 0.3) is 5.56 Å². The number of fused-ring (bicyclic) bond motifs is 1. The third kappa shape index (κ3) is 4.13. The molecule has 1 aromatic heterocycles. The van der Waals surface area contributed by atoms with Crippen molar-refractivity contribution in [1.29, 1.82) is 0 Å². The van der Waals surface area contributed by atoms with Crippen LogP contribution in [0.15, 0.2) is 23.0 Å². The first-order valence-corrected chi connectivity index (χ1v) is 9.16. The summed E-state index contributed by atoms with van der Waals surface area (Å²) >= 11 is 6.24. The second-order valence-corrected chi connectivity index (χ2v) is 7.88. The van der Waals surface area contributed by atoms with Crippen molar-refractivity contribution in [2.75, 3.05) is 6.61 Å². The zero-order valence-electron chi connectivity index (χ0n) is 15.4. The molecule has 0 spiro atoms. The summed E-state index contributed by atoms with van der Waals surface area (Å²) in [7, 11) is 0. The molecule has 1 heterocycles. The maximum atomic E-state index is 13.1. The predicted octanol–water partition coefficient (Wildman–Crippen LogP) is 5.27. The number of halogens is 1. The number of aryl methyl sites for hydroxylation is 1. The Balaban J connectivity index is 2.74. The molecule has 0 saturated carbocycles. The van der Waals surface area contributed by atoms with E-state index in [-0.39, 0.29) is 16.9 Å². The largest absolute Gasteiger partial charge is 0.491 e. The van der Waals surface area contributed by atoms with E-state index in [0.29, 0.717) is 18.5 Å². The van der Waals surface area contributed by atoms with Gasteiger partial charge < -0.3 is 9.30 Å². The zero-order chi connectivity index (χ0) is 17.9. The van der Waals surface area contributed by atoms with E-state index in [1.54, 1.807) is 4.57 Å². The van der Waals surface area contributed by atoms with Gasteiger partial charge in [0, 0.05) is 11.9 Å². The minimum absolute atomic E-state index is 0.0158. The summed E-state index contributed by atoms with van der Waals surface area (Å²) < 4.78 is 7.89. The number of ether oxygens (including phenoxy) is 1. The highest BCUT2D eigenvalue weighted by molar-refractivity contribution is 6.17. The number of hydrogen-bond donors (Lipinski definition) is 0. The number of unbranched alkanes of at least 4 members (excludes halogenated alkanes) is 1. The van der Waals surface area contributed by atoms with Crippen LogP contribution in [0.5, 0.6) is 5.75 Å². The Kier molecular flexibility index (Phi) is 5.97. The quantitative estimate of drug-likeness (QED) is 0.525. The molecule has 0 radical (unpaired) electrons. The van der Waals surface area contributed by atoms with Gasteiger partial charge in [0.15, 0.2) is 0 Å². The van der Waals surface area contributed by atoms with E-state index < -0.39 is 0 Å². The van der Waals surface area contributed by atoms with Crippen LogP contribution >= 0.6 is 11.6 Å². The first-order chi connectivity index (χ1) is 11.3. The van der Waals surface area contributed by atoms with Gasteiger partial charge in [-0.15, -0.1) is 11.6 Å². The zero-order valence-corrected chi connectivity index (χ0v) is 16.2. The molecular formula is C20H28ClNO2. The summed E-state index contributed by atoms with van der Waals surface area (Å²) in [5.74, 6) is 1.02. The summed E-state index contributed by atoms with van der Waals surface area (Å²) in [6, 6.07) is 5.94. The maximum absolute atomic E-state index is 13.1. The smallest absolute Gasteiger partial charge is 0.258 e. The Morgan fingerprint density at radius 1 is 1.21 bits per heavy atom. The van der Waals surface area contributed by atoms with Gasteiger partial charge in [-0.25, -0.2) is 0 Å². The highest BCUT2D eigenvalue weighted by Crippen LogP contribution is 2.31. The van der Waals surface area contributed by atoms with Crippen LogP contribution < -0.4 is 10.3 Å². The molecule has 0 unspecified atom stereocenters. The molecule has 24 heavy (non-hydrogen) atoms. The molecule has 3 nitrogen and oxygen atoms in total. The third-order valence-corrected chi connectivity index (χ3v) is 4.24. The van der Waals surface area contributed by atoms with Gasteiger partial charge in [0.05, 0.1) is 23.6 Å². The van der Waals surface area contributed by atoms with Gasteiger partial charge >= 0.3 is 0 Å². The molecule has 0 fully saturated rings. The fourth-order valence-electron chi connectivity index (χ4n) is 2.83. The predicted molar refractivity (Wildman–Crippen MR) is 102 cm³/mol. The molecule has 132 valence electrons. The summed E-state index contributed by atoms with van der Waals surface area (Å²) in [6.45, 7) is 11.7. The number of aromatic nitrogens is 1. The summed E-state index contributed by atoms with van der Waals surface area (Å²) in [5, 5.41) is 1.57. The van der Waals surface area contributed by atoms with Crippen molar-refractivity contribution in [2.24, 2.45) is 5.41 Å². The van der Waals surface area contributed by atoms with E-state index in [4.69, 9.17) is 16.3 Å². The Morgan fingerprint density at radius 3 is 2.50 bits per heavy atom. The van der Waals surface area contributed by atoms with Crippen LogP contribution in [0.2, 0.25) is 0 Å². The lowest BCUT2D eigenvalue weighted by atomic mass is 9.96. The number of pyridine rings is 1. The number of hydrogen-bond acceptors (Lipinski definition) is 2. The normalized spacial score (nSPS) is 11.9. The lowest BCUT2D eigenvalue weighted by molar-refractivity contribution is 0.297. The van der Waals surface area contributed by atoms with Gasteiger partial charge in [0.1, 0.15) is 5.75 Å². The molecule has 1 aromatic carbocycles. The van der Waals surface area contributed by atoms with Gasteiger partial charge in [-0.3, -0.25) is 4.79 Å². The molecule has 2 rings (SSSR count). The molecule has 0 bridgehead atoms. The number of nitrogens with zero attached hydrogens (tertiary/aromatic N) is 1. The van der Waals surface area contributed by atoms with E-state index in [1.807, 2.05) is 25.1 Å². The lowest BCUT2D eigenvalue weighted by Crippen LogP contribution is -2.30. The van der Waals surface area contributed by atoms with Crippen molar-refractivity contribution in [3.8, 4) is 5.75 Å². The Labute approximate surface area is 149 Å². The Morgan fingerprint density at radius 2 is 1.92 bits per heavy atom. The molecule has 0 aliphatic heterocycles. The van der Waals surface area contributed by atoms with E-state index in [0.717, 1.165) is 35.2 Å². The first kappa shape index (κ1) is 18.9. The van der Waals surface area contributed by atoms with Crippen LogP contribution in [-0.4, -0.2) is 11.2 Å². The van der Waals surface area contributed by atoms with Gasteiger partial charge in [-0.1, -0.05) is 51.8 Å². The van der Waals surface area contributed by atoms with E-state index in [2.05, 4.69) is 27.7 Å². The van der Waals surface area contributed by atoms with Crippen molar-refractivity contribution in [2.45, 2.75) is 59.9 Å². The van der Waals surface area contributed by atoms with Gasteiger partial charge in [-0.05, 0) is 24.8 Å². The average molecular weight is 350 g/mol. The van der Waals surface area contributed by atoms with E-state index in [9.17, 15) is 4.79 Å². The number of rotatable bonds is 6. The summed E-state index contributed by atoms with van der Waals surface area (Å²) in [5.41, 5.74) is 1.84. The summed E-state index contributed by atoms with van der Waals surface area (Å²) in [4.78, 5) is 13.1. The van der Waals surface area contributed by atoms with Gasteiger partial charge in [-0.2, -0.15) is 0 Å². The fourth-order valence-corrected chi connectivity index (χ4v) is 3.10. The van der Waals surface area contributed by atoms with Crippen molar-refractivity contribution >= 4 is 22.4 Å². The molecule has 2 aromatic rings. The van der Waals surface area contributed by atoms with E-state index in [1.165, 1.54) is 0 Å². The fraction of sp³-hybridized carbons (Fsp3) is 0.550. The molecular weight excluding hydrogens is 322 g/mol. The SMILES string of the molecule is CCCCOc1c(CCl)n(CC(C)(C)C)c(=O)c2cc(C)ccc12. The standard InChI is InChI=1S/C20H28ClNO2/c1-6-7-10-24-18-15-9-8-14(2)11-16(15)19(23)22(17(18)12-21)13-20(3,4)5/h8-9,11H,6-7,10,12-13H2,1-5H3. The topological polar surface area (TPSA) is 31.2 Å².